The predicted molar refractivity (Wildman–Crippen MR) is 105 cm³/mol. The van der Waals surface area contributed by atoms with E-state index in [0.717, 1.165) is 16.3 Å². The molecule has 1 atom stereocenters. The molecule has 0 spiro atoms. The second-order valence-corrected chi connectivity index (χ2v) is 6.96. The molecule has 0 aliphatic carbocycles. The van der Waals surface area contributed by atoms with Gasteiger partial charge in [0.2, 0.25) is 6.41 Å². The van der Waals surface area contributed by atoms with E-state index in [4.69, 9.17) is 4.74 Å². The zero-order valence-electron chi connectivity index (χ0n) is 15.7. The molecule has 0 bridgehead atoms. The Morgan fingerprint density at radius 3 is 2.70 bits per heavy atom. The lowest BCUT2D eigenvalue weighted by Crippen LogP contribution is -2.30. The molecular formula is C20H23N3O3S. The van der Waals surface area contributed by atoms with Gasteiger partial charge in [-0.1, -0.05) is 30.3 Å². The van der Waals surface area contributed by atoms with Crippen LogP contribution in [0.2, 0.25) is 0 Å². The van der Waals surface area contributed by atoms with Crippen molar-refractivity contribution in [2.45, 2.75) is 19.8 Å². The van der Waals surface area contributed by atoms with E-state index in [2.05, 4.69) is 11.4 Å². The average molecular weight is 385 g/mol. The van der Waals surface area contributed by atoms with E-state index in [9.17, 15) is 14.9 Å². The van der Waals surface area contributed by atoms with Gasteiger partial charge in [-0.25, -0.2) is 4.79 Å². The molecule has 1 aromatic carbocycles. The molecule has 1 heterocycles. The van der Waals surface area contributed by atoms with E-state index in [0.29, 0.717) is 29.9 Å². The molecule has 0 fully saturated rings. The number of rotatable bonds is 8. The second-order valence-electron chi connectivity index (χ2n) is 5.87. The maximum absolute atomic E-state index is 12.9. The molecule has 0 saturated heterocycles. The van der Waals surface area contributed by atoms with Crippen LogP contribution >= 0.6 is 11.8 Å². The standard InChI is InChI=1S/C20H23N3O3S/c1-4-26-20(25)18-17(15-8-6-5-7-9-15)16(12-21)14(2)23(3)19(18)27-11-10-22-13-24/h5-9,13,17H,4,10-11H2,1-3H3,(H,22,24). The van der Waals surface area contributed by atoms with Gasteiger partial charge >= 0.3 is 5.97 Å². The van der Waals surface area contributed by atoms with Crippen molar-refractivity contribution < 1.29 is 14.3 Å². The van der Waals surface area contributed by atoms with Gasteiger partial charge in [-0.2, -0.15) is 5.26 Å². The molecule has 1 aliphatic rings. The van der Waals surface area contributed by atoms with Crippen LogP contribution in [0, 0.1) is 11.3 Å². The summed E-state index contributed by atoms with van der Waals surface area (Å²) in [6.45, 7) is 4.37. The zero-order chi connectivity index (χ0) is 19.8. The number of ether oxygens (including phenoxy) is 1. The van der Waals surface area contributed by atoms with Crippen molar-refractivity contribution in [2.75, 3.05) is 26.0 Å². The summed E-state index contributed by atoms with van der Waals surface area (Å²) < 4.78 is 5.33. The van der Waals surface area contributed by atoms with Crippen LogP contribution in [0.4, 0.5) is 0 Å². The summed E-state index contributed by atoms with van der Waals surface area (Å²) in [5, 5.41) is 13.2. The average Bonchev–Trinajstić information content (AvgIpc) is 2.68. The molecule has 0 aromatic heterocycles. The fourth-order valence-corrected chi connectivity index (χ4v) is 4.07. The number of carbonyl (C=O) groups excluding carboxylic acids is 2. The number of amides is 1. The monoisotopic (exact) mass is 385 g/mol. The quantitative estimate of drug-likeness (QED) is 0.421. The number of nitrogens with zero attached hydrogens (tertiary/aromatic N) is 2. The molecule has 6 nitrogen and oxygen atoms in total. The van der Waals surface area contributed by atoms with Crippen molar-refractivity contribution in [2.24, 2.45) is 0 Å². The van der Waals surface area contributed by atoms with Crippen molar-refractivity contribution in [3.63, 3.8) is 0 Å². The van der Waals surface area contributed by atoms with Gasteiger partial charge in [-0.3, -0.25) is 4.79 Å². The number of allylic oxidation sites excluding steroid dienone is 2. The number of hydrogen-bond donors (Lipinski definition) is 1. The zero-order valence-corrected chi connectivity index (χ0v) is 16.5. The van der Waals surface area contributed by atoms with Crippen molar-refractivity contribution in [1.82, 2.24) is 10.2 Å². The lowest BCUT2D eigenvalue weighted by atomic mass is 9.82. The molecule has 1 unspecified atom stereocenters. The minimum absolute atomic E-state index is 0.253. The normalized spacial score (nSPS) is 16.8. The van der Waals surface area contributed by atoms with Crippen molar-refractivity contribution in [3.05, 3.63) is 57.8 Å². The van der Waals surface area contributed by atoms with Crippen LogP contribution < -0.4 is 5.32 Å². The Balaban J connectivity index is 2.58. The van der Waals surface area contributed by atoms with E-state index in [-0.39, 0.29) is 6.61 Å². The lowest BCUT2D eigenvalue weighted by molar-refractivity contribution is -0.138. The summed E-state index contributed by atoms with van der Waals surface area (Å²) in [6, 6.07) is 11.8. The minimum Gasteiger partial charge on any atom is -0.463 e. The Morgan fingerprint density at radius 1 is 1.41 bits per heavy atom. The van der Waals surface area contributed by atoms with Crippen molar-refractivity contribution in [3.8, 4) is 6.07 Å². The van der Waals surface area contributed by atoms with Crippen LogP contribution in [0.1, 0.15) is 25.3 Å². The van der Waals surface area contributed by atoms with Gasteiger partial charge in [0.25, 0.3) is 0 Å². The van der Waals surface area contributed by atoms with Crippen LogP contribution in [-0.2, 0) is 14.3 Å². The Morgan fingerprint density at radius 2 is 2.11 bits per heavy atom. The van der Waals surface area contributed by atoms with Crippen molar-refractivity contribution in [1.29, 1.82) is 5.26 Å². The van der Waals surface area contributed by atoms with Crippen LogP contribution in [0.5, 0.6) is 0 Å². The van der Waals surface area contributed by atoms with Gasteiger partial charge < -0.3 is 15.0 Å². The van der Waals surface area contributed by atoms with Gasteiger partial charge in [0.05, 0.1) is 34.8 Å². The SMILES string of the molecule is CCOC(=O)C1=C(SCCNC=O)N(C)C(C)=C(C#N)C1c1ccccc1. The number of hydrogen-bond acceptors (Lipinski definition) is 6. The topological polar surface area (TPSA) is 82.4 Å². The van der Waals surface area contributed by atoms with E-state index < -0.39 is 11.9 Å². The number of nitrogens with one attached hydrogen (secondary N) is 1. The molecular weight excluding hydrogens is 362 g/mol. The Labute approximate surface area is 163 Å². The first-order chi connectivity index (χ1) is 13.1. The molecule has 7 heteroatoms. The van der Waals surface area contributed by atoms with Gasteiger partial charge in [0.15, 0.2) is 0 Å². The third-order valence-electron chi connectivity index (χ3n) is 4.32. The van der Waals surface area contributed by atoms with E-state index in [1.807, 2.05) is 49.2 Å². The summed E-state index contributed by atoms with van der Waals surface area (Å²) in [4.78, 5) is 25.2. The Hall–Kier alpha value is -2.72. The maximum atomic E-state index is 12.9. The highest BCUT2D eigenvalue weighted by molar-refractivity contribution is 8.03. The summed E-state index contributed by atoms with van der Waals surface area (Å²) in [6.07, 6.45) is 0.650. The highest BCUT2D eigenvalue weighted by atomic mass is 32.2. The second kappa shape index (κ2) is 9.83. The third kappa shape index (κ3) is 4.52. The fraction of sp³-hybridized carbons (Fsp3) is 0.350. The van der Waals surface area contributed by atoms with Crippen LogP contribution in [-0.4, -0.2) is 43.2 Å². The number of thioether (sulfide) groups is 1. The molecule has 2 rings (SSSR count). The molecule has 0 saturated carbocycles. The minimum atomic E-state index is -0.479. The summed E-state index contributed by atoms with van der Waals surface area (Å²) >= 11 is 1.46. The Kier molecular flexibility index (Phi) is 7.50. The van der Waals surface area contributed by atoms with E-state index >= 15 is 0 Å². The lowest BCUT2D eigenvalue weighted by Gasteiger charge is -2.35. The van der Waals surface area contributed by atoms with E-state index in [1.54, 1.807) is 6.92 Å². The first-order valence-electron chi connectivity index (χ1n) is 8.67. The first-order valence-corrected chi connectivity index (χ1v) is 9.66. The maximum Gasteiger partial charge on any atom is 0.337 e. The van der Waals surface area contributed by atoms with Crippen molar-refractivity contribution >= 4 is 24.1 Å². The molecule has 1 aromatic rings. The fourth-order valence-electron chi connectivity index (χ4n) is 2.97. The summed E-state index contributed by atoms with van der Waals surface area (Å²) in [5.41, 5.74) is 2.66. The number of benzene rings is 1. The molecule has 0 radical (unpaired) electrons. The highest BCUT2D eigenvalue weighted by Gasteiger charge is 2.37. The van der Waals surface area contributed by atoms with Gasteiger partial charge in [0.1, 0.15) is 0 Å². The summed E-state index contributed by atoms with van der Waals surface area (Å²) in [7, 11) is 1.84. The Bertz CT molecular complexity index is 796. The summed E-state index contributed by atoms with van der Waals surface area (Å²) in [5.74, 6) is -0.310. The molecule has 1 amide bonds. The first kappa shape index (κ1) is 20.6. The molecule has 27 heavy (non-hydrogen) atoms. The van der Waals surface area contributed by atoms with Gasteiger partial charge in [-0.15, -0.1) is 11.8 Å². The molecule has 1 aliphatic heterocycles. The smallest absolute Gasteiger partial charge is 0.337 e. The predicted octanol–water partition coefficient (Wildman–Crippen LogP) is 2.77. The number of esters is 1. The van der Waals surface area contributed by atoms with Crippen LogP contribution in [0.3, 0.4) is 0 Å². The van der Waals surface area contributed by atoms with E-state index in [1.165, 1.54) is 11.8 Å². The third-order valence-corrected chi connectivity index (χ3v) is 5.50. The molecule has 142 valence electrons. The number of nitriles is 1. The molecule has 1 N–H and O–H groups in total. The highest BCUT2D eigenvalue weighted by Crippen LogP contribution is 2.44. The van der Waals surface area contributed by atoms with Crippen LogP contribution in [0.15, 0.2) is 52.2 Å². The van der Waals surface area contributed by atoms with Gasteiger partial charge in [-0.05, 0) is 19.4 Å². The number of carbonyl (C=O) groups is 2. The largest absolute Gasteiger partial charge is 0.463 e. The van der Waals surface area contributed by atoms with Gasteiger partial charge in [0, 0.05) is 25.0 Å². The van der Waals surface area contributed by atoms with Crippen LogP contribution in [0.25, 0.3) is 0 Å².